The van der Waals surface area contributed by atoms with Crippen LogP contribution < -0.4 is 5.73 Å². The van der Waals surface area contributed by atoms with Gasteiger partial charge < -0.3 is 5.73 Å². The van der Waals surface area contributed by atoms with Crippen LogP contribution in [0.1, 0.15) is 43.2 Å². The van der Waals surface area contributed by atoms with E-state index < -0.39 is 0 Å². The topological polar surface area (TPSA) is 53.1 Å². The summed E-state index contributed by atoms with van der Waals surface area (Å²) in [5.41, 5.74) is 7.12. The summed E-state index contributed by atoms with van der Waals surface area (Å²) >= 11 is 0. The van der Waals surface area contributed by atoms with E-state index >= 15 is 0 Å². The molecule has 2 atom stereocenters. The fraction of sp³-hybridized carbons (Fsp3) is 0.562. The third-order valence-corrected chi connectivity index (χ3v) is 4.84. The van der Waals surface area contributed by atoms with Crippen LogP contribution in [0.2, 0.25) is 0 Å². The van der Waals surface area contributed by atoms with Crippen molar-refractivity contribution in [1.82, 2.24) is 4.90 Å². The molecule has 1 saturated heterocycles. The lowest BCUT2D eigenvalue weighted by atomic mass is 9.91. The minimum atomic E-state index is -0.323. The van der Waals surface area contributed by atoms with Crippen molar-refractivity contribution in [2.75, 3.05) is 6.54 Å². The molecule has 20 heavy (non-hydrogen) atoms. The lowest BCUT2D eigenvalue weighted by molar-refractivity contribution is 0.106. The second-order valence-corrected chi connectivity index (χ2v) is 6.09. The van der Waals surface area contributed by atoms with E-state index in [1.807, 2.05) is 0 Å². The molecule has 1 aromatic carbocycles. The van der Waals surface area contributed by atoms with E-state index in [0.29, 0.717) is 11.6 Å². The zero-order chi connectivity index (χ0) is 14.1. The molecule has 0 radical (unpaired) electrons. The predicted molar refractivity (Wildman–Crippen MR) is 78.2 cm³/mol. The highest BCUT2D eigenvalue weighted by Crippen LogP contribution is 2.37. The summed E-state index contributed by atoms with van der Waals surface area (Å²) < 4.78 is 13.3. The molecule has 1 aliphatic heterocycles. The molecule has 0 amide bonds. The summed E-state index contributed by atoms with van der Waals surface area (Å²) in [5.74, 6) is 0.473. The first kappa shape index (κ1) is 13.6. The van der Waals surface area contributed by atoms with Gasteiger partial charge >= 0.3 is 0 Å². The van der Waals surface area contributed by atoms with Gasteiger partial charge in [0.05, 0.1) is 0 Å². The largest absolute Gasteiger partial charge is 0.384 e. The number of nitrogens with zero attached hydrogens (tertiary/aromatic N) is 1. The van der Waals surface area contributed by atoms with Crippen LogP contribution in [0.15, 0.2) is 18.2 Å². The van der Waals surface area contributed by atoms with Gasteiger partial charge in [-0.05, 0) is 55.8 Å². The number of nitrogens with one attached hydrogen (secondary N) is 1. The van der Waals surface area contributed by atoms with Crippen LogP contribution in [-0.2, 0) is 6.54 Å². The zero-order valence-electron chi connectivity index (χ0n) is 11.7. The molecule has 0 spiro atoms. The second kappa shape index (κ2) is 5.52. The summed E-state index contributed by atoms with van der Waals surface area (Å²) in [6, 6.07) is 5.31. The average molecular weight is 275 g/mol. The molecule has 1 aromatic rings. The number of nitrogen functional groups attached to an aromatic ring is 1. The monoisotopic (exact) mass is 275 g/mol. The molecule has 2 aliphatic rings. The van der Waals surface area contributed by atoms with Crippen LogP contribution in [0, 0.1) is 17.1 Å². The molecule has 3 nitrogen and oxygen atoms in total. The number of hydrogen-bond donors (Lipinski definition) is 2. The van der Waals surface area contributed by atoms with E-state index in [2.05, 4.69) is 4.90 Å². The van der Waals surface area contributed by atoms with E-state index in [4.69, 9.17) is 11.1 Å². The highest BCUT2D eigenvalue weighted by Gasteiger charge is 2.34. The molecule has 0 bridgehead atoms. The van der Waals surface area contributed by atoms with Gasteiger partial charge in [-0.1, -0.05) is 12.5 Å². The molecule has 4 heteroatoms. The van der Waals surface area contributed by atoms with Gasteiger partial charge in [0.25, 0.3) is 0 Å². The Bertz CT molecular complexity index is 514. The Morgan fingerprint density at radius 2 is 2.10 bits per heavy atom. The molecule has 1 aliphatic carbocycles. The van der Waals surface area contributed by atoms with Gasteiger partial charge in [-0.15, -0.1) is 0 Å². The number of likely N-dealkylation sites (tertiary alicyclic amines) is 1. The fourth-order valence-electron chi connectivity index (χ4n) is 3.91. The van der Waals surface area contributed by atoms with Crippen LogP contribution in [-0.4, -0.2) is 23.3 Å². The minimum Gasteiger partial charge on any atom is -0.384 e. The van der Waals surface area contributed by atoms with E-state index in [-0.39, 0.29) is 11.7 Å². The van der Waals surface area contributed by atoms with Gasteiger partial charge in [0, 0.05) is 18.2 Å². The molecule has 0 aromatic heterocycles. The van der Waals surface area contributed by atoms with Crippen molar-refractivity contribution in [3.63, 3.8) is 0 Å². The smallest absolute Gasteiger partial charge is 0.123 e. The zero-order valence-corrected chi connectivity index (χ0v) is 11.7. The van der Waals surface area contributed by atoms with Crippen molar-refractivity contribution in [2.45, 2.75) is 44.7 Å². The van der Waals surface area contributed by atoms with Gasteiger partial charge in [0.2, 0.25) is 0 Å². The van der Waals surface area contributed by atoms with Crippen LogP contribution in [0.4, 0.5) is 4.39 Å². The average Bonchev–Trinajstić information content (AvgIpc) is 2.90. The molecule has 2 fully saturated rings. The molecule has 3 N–H and O–H groups in total. The summed E-state index contributed by atoms with van der Waals surface area (Å²) in [5, 5.41) is 7.63. The van der Waals surface area contributed by atoms with E-state index in [1.54, 1.807) is 6.07 Å². The van der Waals surface area contributed by atoms with Crippen LogP contribution in [0.3, 0.4) is 0 Å². The van der Waals surface area contributed by atoms with Crippen molar-refractivity contribution in [1.29, 1.82) is 5.41 Å². The Balaban J connectivity index is 1.82. The molecule has 1 saturated carbocycles. The van der Waals surface area contributed by atoms with Crippen molar-refractivity contribution >= 4 is 5.84 Å². The summed E-state index contributed by atoms with van der Waals surface area (Å²) in [7, 11) is 0. The SMILES string of the molecule is N=C(N)c1cc(F)ccc1CN1CCCC2CCCC21. The van der Waals surface area contributed by atoms with Gasteiger partial charge in [-0.3, -0.25) is 10.3 Å². The second-order valence-electron chi connectivity index (χ2n) is 6.09. The van der Waals surface area contributed by atoms with Crippen LogP contribution in [0.5, 0.6) is 0 Å². The standard InChI is InChI=1S/C16H22FN3/c17-13-7-6-12(14(9-13)16(18)19)10-20-8-2-4-11-3-1-5-15(11)20/h6-7,9,11,15H,1-5,8,10H2,(H3,18,19). The van der Waals surface area contributed by atoms with Gasteiger partial charge in [-0.2, -0.15) is 0 Å². The lowest BCUT2D eigenvalue weighted by Gasteiger charge is -2.38. The first-order chi connectivity index (χ1) is 9.65. The van der Waals surface area contributed by atoms with Crippen molar-refractivity contribution in [3.8, 4) is 0 Å². The Hall–Kier alpha value is -1.42. The summed E-state index contributed by atoms with van der Waals surface area (Å²) in [6.45, 7) is 1.90. The predicted octanol–water partition coefficient (Wildman–Crippen LogP) is 2.87. The van der Waals surface area contributed by atoms with Crippen molar-refractivity contribution in [3.05, 3.63) is 35.1 Å². The third-order valence-electron chi connectivity index (χ3n) is 4.84. The molecular formula is C16H22FN3. The first-order valence-corrected chi connectivity index (χ1v) is 7.52. The number of benzene rings is 1. The summed E-state index contributed by atoms with van der Waals surface area (Å²) in [6.07, 6.45) is 6.56. The van der Waals surface area contributed by atoms with Gasteiger partial charge in [-0.25, -0.2) is 4.39 Å². The van der Waals surface area contributed by atoms with E-state index in [1.165, 1.54) is 44.2 Å². The quantitative estimate of drug-likeness (QED) is 0.658. The molecule has 1 heterocycles. The minimum absolute atomic E-state index is 0.0421. The molecular weight excluding hydrogens is 253 g/mol. The molecule has 2 unspecified atom stereocenters. The highest BCUT2D eigenvalue weighted by molar-refractivity contribution is 5.96. The fourth-order valence-corrected chi connectivity index (χ4v) is 3.91. The number of rotatable bonds is 3. The van der Waals surface area contributed by atoms with E-state index in [9.17, 15) is 4.39 Å². The number of hydrogen-bond acceptors (Lipinski definition) is 2. The Morgan fingerprint density at radius 1 is 1.30 bits per heavy atom. The maximum Gasteiger partial charge on any atom is 0.123 e. The Kier molecular flexibility index (Phi) is 3.74. The number of fused-ring (bicyclic) bond motifs is 1. The number of amidine groups is 1. The number of piperidine rings is 1. The summed E-state index contributed by atoms with van der Waals surface area (Å²) in [4.78, 5) is 2.51. The normalized spacial score (nSPS) is 26.4. The maximum atomic E-state index is 13.3. The molecule has 108 valence electrons. The van der Waals surface area contributed by atoms with Crippen LogP contribution >= 0.6 is 0 Å². The van der Waals surface area contributed by atoms with Crippen molar-refractivity contribution in [2.24, 2.45) is 11.7 Å². The van der Waals surface area contributed by atoms with Crippen molar-refractivity contribution < 1.29 is 4.39 Å². The Morgan fingerprint density at radius 3 is 2.90 bits per heavy atom. The van der Waals surface area contributed by atoms with Gasteiger partial charge in [0.15, 0.2) is 0 Å². The first-order valence-electron chi connectivity index (χ1n) is 7.52. The number of halogens is 1. The van der Waals surface area contributed by atoms with Gasteiger partial charge in [0.1, 0.15) is 11.7 Å². The third kappa shape index (κ3) is 2.57. The van der Waals surface area contributed by atoms with Crippen LogP contribution in [0.25, 0.3) is 0 Å². The lowest BCUT2D eigenvalue weighted by Crippen LogP contribution is -2.42. The van der Waals surface area contributed by atoms with E-state index in [0.717, 1.165) is 24.6 Å². The number of nitrogens with two attached hydrogens (primary N) is 1. The maximum absolute atomic E-state index is 13.3. The Labute approximate surface area is 119 Å². The molecule has 3 rings (SSSR count). The highest BCUT2D eigenvalue weighted by atomic mass is 19.1.